The number of carbonyl (C=O) groups is 3. The normalized spacial score (nSPS) is 32.3. The Hall–Kier alpha value is -1.71. The average Bonchev–Trinajstić information content (AvgIpc) is 3.50. The van der Waals surface area contributed by atoms with Gasteiger partial charge in [0.15, 0.2) is 0 Å². The summed E-state index contributed by atoms with van der Waals surface area (Å²) >= 11 is 3.77. The highest BCUT2D eigenvalue weighted by Crippen LogP contribution is 2.60. The van der Waals surface area contributed by atoms with Gasteiger partial charge in [0.1, 0.15) is 11.6 Å². The van der Waals surface area contributed by atoms with Crippen LogP contribution in [-0.4, -0.2) is 98.9 Å². The fourth-order valence-corrected chi connectivity index (χ4v) is 8.30. The van der Waals surface area contributed by atoms with Gasteiger partial charge in [0.2, 0.25) is 17.7 Å². The molecule has 0 aromatic carbocycles. The molecule has 1 aliphatic carbocycles. The molecule has 6 atom stereocenters. The molecular weight excluding hydrogens is 550 g/mol. The number of hydrogen-bond acceptors (Lipinski definition) is 5. The minimum atomic E-state index is -1.05. The Morgan fingerprint density at radius 3 is 2.50 bits per heavy atom. The van der Waals surface area contributed by atoms with E-state index in [1.54, 1.807) is 22.0 Å². The van der Waals surface area contributed by atoms with E-state index in [9.17, 15) is 19.5 Å². The fraction of sp³-hybridized carbons (Fsp3) is 0.759. The lowest BCUT2D eigenvalue weighted by atomic mass is 9.70. The molecule has 3 unspecified atom stereocenters. The van der Waals surface area contributed by atoms with E-state index in [-0.39, 0.29) is 35.2 Å². The van der Waals surface area contributed by atoms with Gasteiger partial charge in [0.05, 0.1) is 17.9 Å². The number of aliphatic hydroxyl groups excluding tert-OH is 1. The molecule has 38 heavy (non-hydrogen) atoms. The lowest BCUT2D eigenvalue weighted by Gasteiger charge is -2.41. The Kier molecular flexibility index (Phi) is 9.74. The quantitative estimate of drug-likeness (QED) is 0.201. The van der Waals surface area contributed by atoms with E-state index < -0.39 is 29.6 Å². The van der Waals surface area contributed by atoms with Crippen LogP contribution in [-0.2, 0) is 19.1 Å². The maximum atomic E-state index is 14.5. The number of aliphatic hydroxyl groups is 1. The Balaban J connectivity index is 1.73. The second-order valence-corrected chi connectivity index (χ2v) is 12.4. The highest BCUT2D eigenvalue weighted by Gasteiger charge is 2.76. The Labute approximate surface area is 235 Å². The maximum Gasteiger partial charge on any atom is 0.248 e. The van der Waals surface area contributed by atoms with Crippen LogP contribution in [0.25, 0.3) is 0 Å². The number of unbranched alkanes of at least 4 members (excludes halogenated alkanes) is 1. The van der Waals surface area contributed by atoms with Crippen LogP contribution < -0.4 is 0 Å². The third kappa shape index (κ3) is 5.10. The summed E-state index contributed by atoms with van der Waals surface area (Å²) in [6, 6.07) is -0.676. The minimum absolute atomic E-state index is 0.0244. The molecule has 0 aromatic rings. The summed E-state index contributed by atoms with van der Waals surface area (Å²) in [7, 11) is 0. The molecule has 3 aliphatic heterocycles. The maximum absolute atomic E-state index is 14.5. The van der Waals surface area contributed by atoms with Crippen LogP contribution >= 0.6 is 15.9 Å². The molecule has 1 spiro atoms. The highest BCUT2D eigenvalue weighted by atomic mass is 79.9. The standard InChI is InChI=1S/C29H44BrN3O5/c1-4-14-31(15-5-2)26(35)22-23-27(36)33(17-10-11-18-34)25(29(23)19-21(30)24(22)38-29)28(37)32(16-6-3)20-12-8-7-9-13-20/h4,6,20-25,34H,1,3,5,7-19H2,2H3/t21?,22-,23-,24-,25?,29?/m0/s1. The summed E-state index contributed by atoms with van der Waals surface area (Å²) in [5.41, 5.74) is -1.05. The zero-order chi connectivity index (χ0) is 27.4. The number of ether oxygens (including phenoxy) is 1. The van der Waals surface area contributed by atoms with E-state index in [1.165, 1.54) is 6.42 Å². The van der Waals surface area contributed by atoms with Crippen LogP contribution in [0.15, 0.2) is 25.3 Å². The van der Waals surface area contributed by atoms with Crippen LogP contribution in [0.1, 0.15) is 64.7 Å². The number of amides is 3. The predicted molar refractivity (Wildman–Crippen MR) is 150 cm³/mol. The monoisotopic (exact) mass is 593 g/mol. The average molecular weight is 595 g/mol. The SMILES string of the molecule is C=CCN(CCC)C(=O)[C@H]1[C@H]2C(=O)N(CCCCO)C(C(=O)N(CC=C)C3CCCCC3)C23CC(Br)[C@@H]1O3. The molecule has 4 rings (SSSR count). The Morgan fingerprint density at radius 1 is 1.16 bits per heavy atom. The molecule has 9 heteroatoms. The van der Waals surface area contributed by atoms with Gasteiger partial charge in [-0.05, 0) is 38.5 Å². The van der Waals surface area contributed by atoms with Crippen LogP contribution in [0.4, 0.5) is 0 Å². The molecule has 3 saturated heterocycles. The molecule has 1 saturated carbocycles. The Morgan fingerprint density at radius 2 is 1.87 bits per heavy atom. The lowest BCUT2D eigenvalue weighted by Crippen LogP contribution is -2.59. The third-order valence-corrected chi connectivity index (χ3v) is 9.74. The molecule has 3 heterocycles. The summed E-state index contributed by atoms with van der Waals surface area (Å²) in [6.07, 6.45) is 10.7. The number of carbonyl (C=O) groups excluding carboxylic acids is 3. The first-order valence-corrected chi connectivity index (χ1v) is 15.3. The summed E-state index contributed by atoms with van der Waals surface area (Å²) in [6.45, 7) is 11.5. The highest BCUT2D eigenvalue weighted by molar-refractivity contribution is 9.09. The van der Waals surface area contributed by atoms with Crippen LogP contribution in [0.2, 0.25) is 0 Å². The molecule has 3 amide bonds. The van der Waals surface area contributed by atoms with Gasteiger partial charge in [-0.3, -0.25) is 14.4 Å². The molecule has 4 aliphatic rings. The zero-order valence-corrected chi connectivity index (χ0v) is 24.3. The van der Waals surface area contributed by atoms with Gasteiger partial charge in [0, 0.05) is 43.7 Å². The molecule has 8 nitrogen and oxygen atoms in total. The summed E-state index contributed by atoms with van der Waals surface area (Å²) in [5.74, 6) is -1.70. The van der Waals surface area contributed by atoms with Crippen molar-refractivity contribution >= 4 is 33.7 Å². The third-order valence-electron chi connectivity index (χ3n) is 8.89. The summed E-state index contributed by atoms with van der Waals surface area (Å²) in [4.78, 5) is 47.9. The van der Waals surface area contributed by atoms with Gasteiger partial charge in [0.25, 0.3) is 0 Å². The van der Waals surface area contributed by atoms with E-state index in [1.807, 2.05) is 11.8 Å². The van der Waals surface area contributed by atoms with Gasteiger partial charge in [-0.15, -0.1) is 13.2 Å². The smallest absolute Gasteiger partial charge is 0.248 e. The van der Waals surface area contributed by atoms with Gasteiger partial charge in [-0.1, -0.05) is 54.3 Å². The number of likely N-dealkylation sites (tertiary alicyclic amines) is 1. The van der Waals surface area contributed by atoms with E-state index >= 15 is 0 Å². The van der Waals surface area contributed by atoms with Crippen LogP contribution in [0.3, 0.4) is 0 Å². The molecule has 1 N–H and O–H groups in total. The molecular formula is C29H44BrN3O5. The van der Waals surface area contributed by atoms with E-state index in [0.29, 0.717) is 45.4 Å². The first kappa shape index (κ1) is 29.3. The molecule has 0 aromatic heterocycles. The number of nitrogens with zero attached hydrogens (tertiary/aromatic N) is 3. The summed E-state index contributed by atoms with van der Waals surface area (Å²) in [5, 5.41) is 9.41. The number of rotatable bonds is 13. The van der Waals surface area contributed by atoms with Crippen LogP contribution in [0, 0.1) is 11.8 Å². The van der Waals surface area contributed by atoms with Crippen LogP contribution in [0.5, 0.6) is 0 Å². The number of fused-ring (bicyclic) bond motifs is 1. The second kappa shape index (κ2) is 12.6. The van der Waals surface area contributed by atoms with Crippen molar-refractivity contribution in [2.24, 2.45) is 11.8 Å². The number of hydrogen-bond donors (Lipinski definition) is 1. The molecule has 0 radical (unpaired) electrons. The predicted octanol–water partition coefficient (Wildman–Crippen LogP) is 3.28. The largest absolute Gasteiger partial charge is 0.396 e. The lowest BCUT2D eigenvalue weighted by molar-refractivity contribution is -0.150. The van der Waals surface area contributed by atoms with Crippen molar-refractivity contribution in [2.45, 2.75) is 93.3 Å². The fourth-order valence-electron chi connectivity index (χ4n) is 7.36. The molecule has 4 fully saturated rings. The number of alkyl halides is 1. The topological polar surface area (TPSA) is 90.4 Å². The van der Waals surface area contributed by atoms with E-state index in [0.717, 1.165) is 32.1 Å². The first-order valence-electron chi connectivity index (χ1n) is 14.4. The van der Waals surface area contributed by atoms with Gasteiger partial charge in [-0.2, -0.15) is 0 Å². The number of halogens is 1. The van der Waals surface area contributed by atoms with Crippen molar-refractivity contribution in [3.8, 4) is 0 Å². The second-order valence-electron chi connectivity index (χ2n) is 11.3. The van der Waals surface area contributed by atoms with E-state index in [2.05, 4.69) is 29.1 Å². The Bertz CT molecular complexity index is 909. The van der Waals surface area contributed by atoms with Crippen molar-refractivity contribution in [3.05, 3.63) is 25.3 Å². The van der Waals surface area contributed by atoms with Gasteiger partial charge >= 0.3 is 0 Å². The van der Waals surface area contributed by atoms with Gasteiger partial charge in [-0.25, -0.2) is 0 Å². The molecule has 2 bridgehead atoms. The van der Waals surface area contributed by atoms with Gasteiger partial charge < -0.3 is 24.5 Å². The zero-order valence-electron chi connectivity index (χ0n) is 22.7. The first-order chi connectivity index (χ1) is 18.4. The van der Waals surface area contributed by atoms with E-state index in [4.69, 9.17) is 4.74 Å². The van der Waals surface area contributed by atoms with Crippen molar-refractivity contribution < 1.29 is 24.2 Å². The summed E-state index contributed by atoms with van der Waals surface area (Å²) < 4.78 is 6.69. The minimum Gasteiger partial charge on any atom is -0.396 e. The van der Waals surface area contributed by atoms with Crippen molar-refractivity contribution in [2.75, 3.05) is 32.8 Å². The van der Waals surface area contributed by atoms with Crippen molar-refractivity contribution in [1.29, 1.82) is 0 Å². The van der Waals surface area contributed by atoms with Crippen molar-refractivity contribution in [1.82, 2.24) is 14.7 Å². The molecule has 212 valence electrons. The van der Waals surface area contributed by atoms with Crippen molar-refractivity contribution in [3.63, 3.8) is 0 Å².